The predicted molar refractivity (Wildman–Crippen MR) is 140 cm³/mol. The van der Waals surface area contributed by atoms with Crippen LogP contribution >= 0.6 is 0 Å². The number of fused-ring (bicyclic) bond motifs is 1. The first kappa shape index (κ1) is 25.2. The van der Waals surface area contributed by atoms with Crippen molar-refractivity contribution in [3.8, 4) is 11.5 Å². The predicted octanol–water partition coefficient (Wildman–Crippen LogP) is 4.10. The van der Waals surface area contributed by atoms with Crippen molar-refractivity contribution in [2.75, 3.05) is 58.4 Å². The molecule has 4 rings (SSSR count). The average molecular weight is 493 g/mol. The molecular weight excluding hydrogens is 460 g/mol. The third kappa shape index (κ3) is 5.52. The number of nitrogens with one attached hydrogen (secondary N) is 1. The quantitative estimate of drug-likeness (QED) is 0.259. The Morgan fingerprint density at radius 1 is 0.972 bits per heavy atom. The lowest BCUT2D eigenvalue weighted by Gasteiger charge is -2.36. The van der Waals surface area contributed by atoms with E-state index < -0.39 is 4.92 Å². The van der Waals surface area contributed by atoms with Crippen molar-refractivity contribution in [2.24, 2.45) is 0 Å². The molecule has 190 valence electrons. The average Bonchev–Trinajstić information content (AvgIpc) is 2.92. The zero-order valence-corrected chi connectivity index (χ0v) is 20.7. The fourth-order valence-corrected chi connectivity index (χ4v) is 4.73. The lowest BCUT2D eigenvalue weighted by atomic mass is 10.0. The second-order valence-corrected chi connectivity index (χ2v) is 8.74. The summed E-state index contributed by atoms with van der Waals surface area (Å²) >= 11 is 0. The number of benzene rings is 3. The van der Waals surface area contributed by atoms with E-state index in [1.165, 1.54) is 13.2 Å². The van der Waals surface area contributed by atoms with Gasteiger partial charge >= 0.3 is 0 Å². The summed E-state index contributed by atoms with van der Waals surface area (Å²) in [6, 6.07) is 16.3. The maximum Gasteiger partial charge on any atom is 0.278 e. The van der Waals surface area contributed by atoms with Crippen LogP contribution in [0, 0.1) is 10.1 Å². The number of para-hydroxylation sites is 2. The van der Waals surface area contributed by atoms with E-state index in [0.717, 1.165) is 57.0 Å². The number of unbranched alkanes of at least 4 members (excludes halogenated alkanes) is 1. The van der Waals surface area contributed by atoms with Crippen LogP contribution < -0.4 is 19.7 Å². The second-order valence-electron chi connectivity index (χ2n) is 8.74. The number of nitro groups is 1. The normalized spacial score (nSPS) is 14.0. The van der Waals surface area contributed by atoms with Gasteiger partial charge in [-0.2, -0.15) is 0 Å². The molecule has 9 nitrogen and oxygen atoms in total. The summed E-state index contributed by atoms with van der Waals surface area (Å²) in [4.78, 5) is 28.8. The highest BCUT2D eigenvalue weighted by Crippen LogP contribution is 2.36. The van der Waals surface area contributed by atoms with Crippen molar-refractivity contribution in [3.05, 3.63) is 70.3 Å². The first-order valence-corrected chi connectivity index (χ1v) is 12.2. The number of ether oxygens (including phenoxy) is 2. The Morgan fingerprint density at radius 2 is 1.67 bits per heavy atom. The van der Waals surface area contributed by atoms with Gasteiger partial charge < -0.3 is 19.7 Å². The number of piperazine rings is 1. The minimum atomic E-state index is -0.466. The molecule has 0 unspecified atom stereocenters. The minimum absolute atomic E-state index is 0.108. The number of carbonyl (C=O) groups is 1. The van der Waals surface area contributed by atoms with E-state index in [2.05, 4.69) is 21.2 Å². The Bertz CT molecular complexity index is 1220. The van der Waals surface area contributed by atoms with Crippen LogP contribution in [0.4, 0.5) is 11.4 Å². The number of anilines is 1. The Labute approximate surface area is 210 Å². The molecule has 0 radical (unpaired) electrons. The highest BCUT2D eigenvalue weighted by molar-refractivity contribution is 6.07. The summed E-state index contributed by atoms with van der Waals surface area (Å²) in [6.45, 7) is 5.28. The molecule has 1 saturated heterocycles. The Kier molecular flexibility index (Phi) is 8.22. The highest BCUT2D eigenvalue weighted by atomic mass is 16.6. The molecule has 0 atom stereocenters. The van der Waals surface area contributed by atoms with Crippen molar-refractivity contribution in [2.45, 2.75) is 12.8 Å². The van der Waals surface area contributed by atoms with Crippen LogP contribution in [-0.4, -0.2) is 69.2 Å². The molecule has 0 aliphatic carbocycles. The fourth-order valence-electron chi connectivity index (χ4n) is 4.73. The number of nitrogens with zero attached hydrogens (tertiary/aromatic N) is 3. The minimum Gasteiger partial charge on any atom is -0.495 e. The lowest BCUT2D eigenvalue weighted by molar-refractivity contribution is -0.383. The molecule has 1 aliphatic heterocycles. The van der Waals surface area contributed by atoms with Crippen molar-refractivity contribution in [1.82, 2.24) is 10.2 Å². The van der Waals surface area contributed by atoms with Crippen LogP contribution in [0.3, 0.4) is 0 Å². The van der Waals surface area contributed by atoms with Gasteiger partial charge in [0.1, 0.15) is 11.5 Å². The van der Waals surface area contributed by atoms with Gasteiger partial charge in [0.25, 0.3) is 11.6 Å². The number of non-ortho nitro benzene ring substituents is 1. The number of hydrogen-bond acceptors (Lipinski definition) is 7. The molecule has 1 amide bonds. The number of hydrogen-bond donors (Lipinski definition) is 1. The summed E-state index contributed by atoms with van der Waals surface area (Å²) in [6.07, 6.45) is 1.76. The van der Waals surface area contributed by atoms with E-state index in [4.69, 9.17) is 9.47 Å². The second kappa shape index (κ2) is 11.7. The first-order valence-electron chi connectivity index (χ1n) is 12.2. The number of rotatable bonds is 10. The van der Waals surface area contributed by atoms with E-state index in [9.17, 15) is 14.9 Å². The Balaban J connectivity index is 1.27. The maximum atomic E-state index is 12.9. The summed E-state index contributed by atoms with van der Waals surface area (Å²) in [5.74, 6) is 0.878. The van der Waals surface area contributed by atoms with Crippen LogP contribution in [0.1, 0.15) is 23.2 Å². The van der Waals surface area contributed by atoms with Crippen LogP contribution in [0.25, 0.3) is 10.8 Å². The van der Waals surface area contributed by atoms with E-state index in [1.807, 2.05) is 18.2 Å². The standard InChI is InChI=1S/C27H32N4O5/c1-35-25-12-6-5-11-23(25)30-17-15-29(16-18-30)14-8-7-13-28-27(32)22-19-24(31(33)34)20-9-3-4-10-21(20)26(22)36-2/h3-6,9-12,19H,7-8,13-18H2,1-2H3,(H,28,32). The van der Waals surface area contributed by atoms with E-state index in [-0.39, 0.29) is 17.2 Å². The highest BCUT2D eigenvalue weighted by Gasteiger charge is 2.23. The van der Waals surface area contributed by atoms with Crippen molar-refractivity contribution in [1.29, 1.82) is 0 Å². The van der Waals surface area contributed by atoms with Crippen LogP contribution in [0.2, 0.25) is 0 Å². The summed E-state index contributed by atoms with van der Waals surface area (Å²) in [5, 5.41) is 15.5. The third-order valence-electron chi connectivity index (χ3n) is 6.60. The van der Waals surface area contributed by atoms with Gasteiger partial charge in [0.05, 0.1) is 35.8 Å². The Hall–Kier alpha value is -3.85. The van der Waals surface area contributed by atoms with Crippen LogP contribution in [0.15, 0.2) is 54.6 Å². The smallest absolute Gasteiger partial charge is 0.278 e. The molecule has 1 heterocycles. The number of carbonyl (C=O) groups excluding carboxylic acids is 1. The monoisotopic (exact) mass is 492 g/mol. The van der Waals surface area contributed by atoms with Crippen molar-refractivity contribution >= 4 is 28.1 Å². The van der Waals surface area contributed by atoms with Gasteiger partial charge in [0.15, 0.2) is 0 Å². The van der Waals surface area contributed by atoms with E-state index in [0.29, 0.717) is 23.1 Å². The molecule has 3 aromatic rings. The molecule has 3 aromatic carbocycles. The van der Waals surface area contributed by atoms with E-state index in [1.54, 1.807) is 31.4 Å². The molecule has 0 spiro atoms. The molecule has 0 bridgehead atoms. The maximum absolute atomic E-state index is 12.9. The molecule has 1 N–H and O–H groups in total. The zero-order valence-electron chi connectivity index (χ0n) is 20.7. The van der Waals surface area contributed by atoms with Crippen molar-refractivity contribution < 1.29 is 19.2 Å². The van der Waals surface area contributed by atoms with Gasteiger partial charge in [-0.05, 0) is 37.6 Å². The molecule has 1 fully saturated rings. The number of amides is 1. The number of methoxy groups -OCH3 is 2. The molecule has 0 aromatic heterocycles. The molecular formula is C27H32N4O5. The summed E-state index contributed by atoms with van der Waals surface area (Å²) in [5.41, 5.74) is 1.20. The molecule has 9 heteroatoms. The van der Waals surface area contributed by atoms with Crippen LogP contribution in [0.5, 0.6) is 11.5 Å². The largest absolute Gasteiger partial charge is 0.495 e. The lowest BCUT2D eigenvalue weighted by Crippen LogP contribution is -2.46. The van der Waals surface area contributed by atoms with Crippen molar-refractivity contribution in [3.63, 3.8) is 0 Å². The fraction of sp³-hybridized carbons (Fsp3) is 0.370. The van der Waals surface area contributed by atoms with Gasteiger partial charge in [0.2, 0.25) is 0 Å². The first-order chi connectivity index (χ1) is 17.5. The van der Waals surface area contributed by atoms with Gasteiger partial charge in [-0.3, -0.25) is 19.8 Å². The SMILES string of the molecule is COc1ccccc1N1CCN(CCCCNC(=O)c2cc([N+](=O)[O-])c3ccccc3c2OC)CC1. The third-order valence-corrected chi connectivity index (χ3v) is 6.60. The molecule has 1 aliphatic rings. The van der Waals surface area contributed by atoms with Gasteiger partial charge in [-0.1, -0.05) is 30.3 Å². The van der Waals surface area contributed by atoms with Crippen LogP contribution in [-0.2, 0) is 0 Å². The van der Waals surface area contributed by atoms with Gasteiger partial charge in [-0.25, -0.2) is 0 Å². The van der Waals surface area contributed by atoms with Gasteiger partial charge in [-0.15, -0.1) is 0 Å². The van der Waals surface area contributed by atoms with Gasteiger partial charge in [0, 0.05) is 44.2 Å². The Morgan fingerprint density at radius 3 is 2.36 bits per heavy atom. The molecule has 36 heavy (non-hydrogen) atoms. The zero-order chi connectivity index (χ0) is 25.5. The van der Waals surface area contributed by atoms with E-state index >= 15 is 0 Å². The summed E-state index contributed by atoms with van der Waals surface area (Å²) in [7, 11) is 3.17. The summed E-state index contributed by atoms with van der Waals surface area (Å²) < 4.78 is 11.0. The number of nitro benzene ring substituents is 1. The topological polar surface area (TPSA) is 97.2 Å². The molecule has 0 saturated carbocycles.